The lowest BCUT2D eigenvalue weighted by molar-refractivity contribution is -0.190. The van der Waals surface area contributed by atoms with Crippen molar-refractivity contribution in [1.29, 1.82) is 0 Å². The maximum Gasteiger partial charge on any atom is 0.184 e. The van der Waals surface area contributed by atoms with Crippen LogP contribution in [0.5, 0.6) is 5.75 Å². The van der Waals surface area contributed by atoms with Gasteiger partial charge in [0.1, 0.15) is 24.1 Å². The molecule has 0 radical (unpaired) electrons. The number of benzene rings is 1. The molecule has 8 nitrogen and oxygen atoms in total. The van der Waals surface area contributed by atoms with E-state index in [1.165, 1.54) is 11.8 Å². The van der Waals surface area contributed by atoms with Crippen LogP contribution in [-0.4, -0.2) is 81.5 Å². The third-order valence-corrected chi connectivity index (χ3v) is 9.95. The largest absolute Gasteiger partial charge is 0.493 e. The minimum Gasteiger partial charge on any atom is -0.493 e. The average molecular weight is 655 g/mol. The van der Waals surface area contributed by atoms with Crippen molar-refractivity contribution >= 4 is 11.8 Å². The van der Waals surface area contributed by atoms with Gasteiger partial charge >= 0.3 is 0 Å². The number of rotatable bonds is 23. The Labute approximate surface area is 277 Å². The van der Waals surface area contributed by atoms with Gasteiger partial charge in [0.05, 0.1) is 31.7 Å². The lowest BCUT2D eigenvalue weighted by Gasteiger charge is -2.50. The summed E-state index contributed by atoms with van der Waals surface area (Å²) in [6, 6.07) is 4.04. The molecule has 0 saturated carbocycles. The maximum atomic E-state index is 13.2. The van der Waals surface area contributed by atoms with Crippen molar-refractivity contribution in [2.24, 2.45) is 0 Å². The Morgan fingerprint density at radius 3 is 1.93 bits per heavy atom. The summed E-state index contributed by atoms with van der Waals surface area (Å²) in [5.74, 6) is 0.657. The molecule has 0 amide bonds. The van der Waals surface area contributed by atoms with Crippen LogP contribution in [0.15, 0.2) is 12.1 Å². The first-order valence-corrected chi connectivity index (χ1v) is 18.7. The average Bonchev–Trinajstić information content (AvgIpc) is 3.57. The molecule has 0 bridgehead atoms. The third kappa shape index (κ3) is 11.1. The summed E-state index contributed by atoms with van der Waals surface area (Å²) in [7, 11) is 0. The van der Waals surface area contributed by atoms with E-state index in [1.54, 1.807) is 0 Å². The van der Waals surface area contributed by atoms with E-state index in [9.17, 15) is 5.11 Å². The molecule has 1 unspecified atom stereocenters. The molecule has 1 aromatic carbocycles. The van der Waals surface area contributed by atoms with Gasteiger partial charge < -0.3 is 38.3 Å². The maximum absolute atomic E-state index is 13.2. The Kier molecular flexibility index (Phi) is 18.1. The smallest absolute Gasteiger partial charge is 0.184 e. The fourth-order valence-corrected chi connectivity index (χ4v) is 7.27. The van der Waals surface area contributed by atoms with Gasteiger partial charge in [-0.05, 0) is 56.7 Å². The standard InChI is InChI=1S/C36H62O8S/c1-7-12-17-38-26-31-32(40-19-14-9-3)33(41-20-15-10-4)34(42-21-16-11-5)36(37,45-31)29-25-28(35-43-22-23-44-35)27(6)24-30(29)39-18-13-8-2/h24-25,31-35,37H,7-23,26H2,1-6H3/t31-,32-,33+,34-,36?/m1/s1. The van der Waals surface area contributed by atoms with Gasteiger partial charge in [-0.15, -0.1) is 11.8 Å². The van der Waals surface area contributed by atoms with Crippen molar-refractivity contribution in [3.05, 3.63) is 28.8 Å². The van der Waals surface area contributed by atoms with Gasteiger partial charge in [-0.2, -0.15) is 0 Å². The van der Waals surface area contributed by atoms with Gasteiger partial charge in [-0.1, -0.05) is 66.7 Å². The van der Waals surface area contributed by atoms with Crippen LogP contribution in [0.3, 0.4) is 0 Å². The van der Waals surface area contributed by atoms with Gasteiger partial charge in [0.15, 0.2) is 11.2 Å². The molecule has 2 fully saturated rings. The van der Waals surface area contributed by atoms with Crippen molar-refractivity contribution in [2.75, 3.05) is 52.9 Å². The first kappa shape index (κ1) is 38.5. The highest BCUT2D eigenvalue weighted by Gasteiger charge is 2.57. The topological polar surface area (TPSA) is 84.8 Å². The molecule has 0 aromatic heterocycles. The number of thioether (sulfide) groups is 1. The molecule has 0 spiro atoms. The fourth-order valence-electron chi connectivity index (χ4n) is 5.65. The summed E-state index contributed by atoms with van der Waals surface area (Å²) in [6.07, 6.45) is 7.78. The molecule has 260 valence electrons. The zero-order chi connectivity index (χ0) is 32.5. The van der Waals surface area contributed by atoms with E-state index in [4.69, 9.17) is 33.2 Å². The predicted molar refractivity (Wildman–Crippen MR) is 181 cm³/mol. The molecular formula is C36H62O8S. The minimum atomic E-state index is -1.50. The highest BCUT2D eigenvalue weighted by molar-refractivity contribution is 8.00. The van der Waals surface area contributed by atoms with E-state index in [1.807, 2.05) is 19.1 Å². The SMILES string of the molecule is CCCCOC[C@H]1SC(O)(c2cc(C3OCCO3)c(C)cc2OCCCC)[C@H](OCCCC)[C@@H](OCCCC)[C@@H]1OCCCC. The molecule has 2 heterocycles. The first-order chi connectivity index (χ1) is 21.9. The van der Waals surface area contributed by atoms with Gasteiger partial charge in [0.25, 0.3) is 0 Å². The van der Waals surface area contributed by atoms with Crippen molar-refractivity contribution in [2.45, 2.75) is 141 Å². The highest BCUT2D eigenvalue weighted by atomic mass is 32.2. The van der Waals surface area contributed by atoms with Crippen LogP contribution in [0.2, 0.25) is 0 Å². The van der Waals surface area contributed by atoms with Crippen LogP contribution in [-0.2, 0) is 33.4 Å². The van der Waals surface area contributed by atoms with Crippen LogP contribution >= 0.6 is 11.8 Å². The van der Waals surface area contributed by atoms with Crippen LogP contribution in [0.4, 0.5) is 0 Å². The fraction of sp³-hybridized carbons (Fsp3) is 0.833. The van der Waals surface area contributed by atoms with Gasteiger partial charge in [0, 0.05) is 37.6 Å². The van der Waals surface area contributed by atoms with Gasteiger partial charge in [-0.3, -0.25) is 0 Å². The van der Waals surface area contributed by atoms with Crippen molar-refractivity contribution in [3.8, 4) is 5.75 Å². The summed E-state index contributed by atoms with van der Waals surface area (Å²) in [5.41, 5.74) is 2.56. The predicted octanol–water partition coefficient (Wildman–Crippen LogP) is 7.85. The van der Waals surface area contributed by atoms with Crippen LogP contribution in [0, 0.1) is 6.92 Å². The molecule has 1 N–H and O–H groups in total. The van der Waals surface area contributed by atoms with Crippen LogP contribution < -0.4 is 4.74 Å². The van der Waals surface area contributed by atoms with Crippen LogP contribution in [0.25, 0.3) is 0 Å². The highest BCUT2D eigenvalue weighted by Crippen LogP contribution is 2.53. The normalized spacial score (nSPS) is 25.7. The lowest BCUT2D eigenvalue weighted by atomic mass is 9.90. The van der Waals surface area contributed by atoms with Crippen molar-refractivity contribution in [3.63, 3.8) is 0 Å². The summed E-state index contributed by atoms with van der Waals surface area (Å²) in [6.45, 7) is 17.3. The number of hydrogen-bond donors (Lipinski definition) is 1. The summed E-state index contributed by atoms with van der Waals surface area (Å²) in [5, 5.41) is 13.0. The first-order valence-electron chi connectivity index (χ1n) is 17.8. The molecule has 0 aliphatic carbocycles. The van der Waals surface area contributed by atoms with E-state index >= 15 is 0 Å². The van der Waals surface area contributed by atoms with E-state index < -0.39 is 23.4 Å². The Morgan fingerprint density at radius 2 is 1.31 bits per heavy atom. The van der Waals surface area contributed by atoms with Crippen molar-refractivity contribution in [1.82, 2.24) is 0 Å². The summed E-state index contributed by atoms with van der Waals surface area (Å²) in [4.78, 5) is -1.50. The number of aryl methyl sites for hydroxylation is 1. The van der Waals surface area contributed by atoms with E-state index in [2.05, 4.69) is 34.6 Å². The molecule has 2 saturated heterocycles. The Morgan fingerprint density at radius 1 is 0.756 bits per heavy atom. The summed E-state index contributed by atoms with van der Waals surface area (Å²) < 4.78 is 44.6. The zero-order valence-corrected chi connectivity index (χ0v) is 29.8. The quantitative estimate of drug-likeness (QED) is 0.119. The molecule has 3 rings (SSSR count). The number of ether oxygens (including phenoxy) is 7. The molecule has 9 heteroatoms. The molecular weight excluding hydrogens is 592 g/mol. The second-order valence-corrected chi connectivity index (χ2v) is 13.7. The van der Waals surface area contributed by atoms with Gasteiger partial charge in [-0.25, -0.2) is 0 Å². The molecule has 1 aromatic rings. The lowest BCUT2D eigenvalue weighted by Crippen LogP contribution is -2.61. The summed E-state index contributed by atoms with van der Waals surface area (Å²) >= 11 is 1.47. The minimum absolute atomic E-state index is 0.186. The molecule has 2 aliphatic heterocycles. The van der Waals surface area contributed by atoms with E-state index in [0.29, 0.717) is 64.2 Å². The Balaban J connectivity index is 2.16. The number of unbranched alkanes of at least 4 members (excludes halogenated alkanes) is 5. The Hall–Kier alpha value is -0.910. The second-order valence-electron chi connectivity index (χ2n) is 12.3. The Bertz CT molecular complexity index is 942. The second kappa shape index (κ2) is 21.1. The monoisotopic (exact) mass is 654 g/mol. The number of hydrogen-bond acceptors (Lipinski definition) is 9. The van der Waals surface area contributed by atoms with E-state index in [0.717, 1.165) is 75.3 Å². The third-order valence-electron chi connectivity index (χ3n) is 8.43. The van der Waals surface area contributed by atoms with E-state index in [-0.39, 0.29) is 11.4 Å². The molecule has 45 heavy (non-hydrogen) atoms. The number of aliphatic hydroxyl groups is 1. The van der Waals surface area contributed by atoms with Crippen molar-refractivity contribution < 1.29 is 38.3 Å². The van der Waals surface area contributed by atoms with Gasteiger partial charge in [0.2, 0.25) is 0 Å². The zero-order valence-electron chi connectivity index (χ0n) is 29.0. The molecule has 2 aliphatic rings. The molecule has 5 atom stereocenters. The van der Waals surface area contributed by atoms with Crippen LogP contribution in [0.1, 0.15) is 122 Å².